The predicted octanol–water partition coefficient (Wildman–Crippen LogP) is 6.14. The smallest absolute Gasteiger partial charge is 0.415 e. The van der Waals surface area contributed by atoms with E-state index in [1.165, 1.54) is 10.6 Å². The number of nitrogens with one attached hydrogen (secondary N) is 1. The van der Waals surface area contributed by atoms with Crippen LogP contribution in [0, 0.1) is 5.92 Å². The lowest BCUT2D eigenvalue weighted by molar-refractivity contribution is -0.172. The minimum Gasteiger partial charge on any atom is -0.508 e. The van der Waals surface area contributed by atoms with Crippen LogP contribution in [-0.2, 0) is 34.7 Å². The molecule has 17 nitrogen and oxygen atoms in total. The Morgan fingerprint density at radius 3 is 2.35 bits per heavy atom. The van der Waals surface area contributed by atoms with Crippen LogP contribution < -0.4 is 20.9 Å². The van der Waals surface area contributed by atoms with E-state index in [1.54, 1.807) is 34.6 Å². The number of pyridine rings is 2. The van der Waals surface area contributed by atoms with Crippen LogP contribution in [0.1, 0.15) is 87.1 Å². The van der Waals surface area contributed by atoms with Gasteiger partial charge in [0.2, 0.25) is 0 Å². The fourth-order valence-electron chi connectivity index (χ4n) is 10.5. The highest BCUT2D eigenvalue weighted by molar-refractivity contribution is 5.90. The minimum atomic E-state index is -1.90. The number of aliphatic hydroxyl groups is 1. The Hall–Kier alpha value is -6.98. The number of fused-ring (bicyclic) bond motifs is 5. The van der Waals surface area contributed by atoms with Gasteiger partial charge in [0.15, 0.2) is 11.4 Å². The molecule has 1 unspecified atom stereocenters. The van der Waals surface area contributed by atoms with Crippen LogP contribution in [0.2, 0.25) is 0 Å². The molecular formula is C51H56N8O9. The summed E-state index contributed by atoms with van der Waals surface area (Å²) in [6, 6.07) is 17.9. The second kappa shape index (κ2) is 17.6. The van der Waals surface area contributed by atoms with Crippen molar-refractivity contribution < 1.29 is 34.4 Å². The number of benzene rings is 3. The fraction of sp³-hybridized carbons (Fsp3) is 0.412. The third kappa shape index (κ3) is 7.76. The highest BCUT2D eigenvalue weighted by Crippen LogP contribution is 2.42. The molecule has 3 aromatic carbocycles. The number of aromatic nitrogens is 5. The summed E-state index contributed by atoms with van der Waals surface area (Å²) in [5, 5.41) is 39.9. The molecule has 0 spiro atoms. The van der Waals surface area contributed by atoms with Gasteiger partial charge in [-0.3, -0.25) is 9.69 Å². The Kier molecular flexibility index (Phi) is 11.6. The number of amides is 1. The van der Waals surface area contributed by atoms with Crippen molar-refractivity contribution in [3.63, 3.8) is 0 Å². The van der Waals surface area contributed by atoms with Crippen molar-refractivity contribution in [1.29, 1.82) is 0 Å². The number of hydrogen-bond acceptors (Lipinski definition) is 13. The third-order valence-electron chi connectivity index (χ3n) is 14.6. The number of aromatic amines is 1. The summed E-state index contributed by atoms with van der Waals surface area (Å²) in [6.07, 6.45) is 3.20. The van der Waals surface area contributed by atoms with E-state index in [0.29, 0.717) is 71.4 Å². The maximum Gasteiger partial charge on any atom is 0.415 e. The number of nitrogens with zero attached hydrogens (tertiary/aromatic N) is 7. The van der Waals surface area contributed by atoms with Crippen molar-refractivity contribution in [2.24, 2.45) is 5.92 Å². The van der Waals surface area contributed by atoms with E-state index in [1.807, 2.05) is 57.2 Å². The van der Waals surface area contributed by atoms with Crippen LogP contribution >= 0.6 is 0 Å². The van der Waals surface area contributed by atoms with Gasteiger partial charge in [0.05, 0.1) is 40.3 Å². The molecule has 7 heterocycles. The number of ether oxygens (including phenoxy) is 2. The molecule has 3 aromatic heterocycles. The lowest BCUT2D eigenvalue weighted by Gasteiger charge is -2.37. The Morgan fingerprint density at radius 2 is 1.65 bits per heavy atom. The molecule has 0 saturated carbocycles. The van der Waals surface area contributed by atoms with Gasteiger partial charge in [-0.1, -0.05) is 27.7 Å². The Morgan fingerprint density at radius 1 is 0.912 bits per heavy atom. The first kappa shape index (κ1) is 44.8. The van der Waals surface area contributed by atoms with Crippen molar-refractivity contribution in [3.05, 3.63) is 109 Å². The van der Waals surface area contributed by atoms with E-state index < -0.39 is 17.3 Å². The molecule has 4 aliphatic rings. The van der Waals surface area contributed by atoms with Gasteiger partial charge in [0.25, 0.3) is 5.56 Å². The monoisotopic (exact) mass is 924 g/mol. The summed E-state index contributed by atoms with van der Waals surface area (Å²) in [5.41, 5.74) is 4.36. The number of hydrogen-bond donors (Lipinski definition) is 4. The van der Waals surface area contributed by atoms with Crippen LogP contribution in [0.5, 0.6) is 17.2 Å². The summed E-state index contributed by atoms with van der Waals surface area (Å²) in [5.74, 6) is 0.260. The number of H-pyrrole nitrogens is 1. The SMILES string of the molecule is CCc1c2c(nc3ccc(OC(=O)N4CCC(CCN5CCN(c6ccc(-n7c(-c8cc(C(C)C)c(O)cc8O)n[nH]c7=O)cc6)CC5)CC4)cc13)-c1cc3c(c(=O)n1C2)COC(=O)C3(O)CC. The summed E-state index contributed by atoms with van der Waals surface area (Å²) in [7, 11) is 0. The van der Waals surface area contributed by atoms with E-state index >= 15 is 0 Å². The second-order valence-electron chi connectivity index (χ2n) is 18.8. The minimum absolute atomic E-state index is 0.00263. The number of carbonyl (C=O) groups excluding carboxylic acids is 2. The molecule has 0 radical (unpaired) electrons. The van der Waals surface area contributed by atoms with Gasteiger partial charge in [-0.15, -0.1) is 0 Å². The molecule has 68 heavy (non-hydrogen) atoms. The largest absolute Gasteiger partial charge is 0.508 e. The summed E-state index contributed by atoms with van der Waals surface area (Å²) < 4.78 is 14.3. The number of anilines is 1. The summed E-state index contributed by atoms with van der Waals surface area (Å²) in [4.78, 5) is 64.4. The van der Waals surface area contributed by atoms with E-state index in [-0.39, 0.29) is 59.0 Å². The molecule has 6 aromatic rings. The number of esters is 1. The number of piperazine rings is 1. The summed E-state index contributed by atoms with van der Waals surface area (Å²) in [6.45, 7) is 13.5. The summed E-state index contributed by atoms with van der Waals surface area (Å²) >= 11 is 0. The quantitative estimate of drug-likeness (QED) is 0.114. The Bertz CT molecular complexity index is 3090. The molecule has 1 atom stereocenters. The van der Waals surface area contributed by atoms with E-state index in [2.05, 4.69) is 20.0 Å². The number of piperidine rings is 1. The first-order chi connectivity index (χ1) is 32.8. The van der Waals surface area contributed by atoms with Crippen LogP contribution in [0.3, 0.4) is 0 Å². The van der Waals surface area contributed by atoms with Gasteiger partial charge in [-0.05, 0) is 116 Å². The zero-order chi connectivity index (χ0) is 47.6. The van der Waals surface area contributed by atoms with Gasteiger partial charge >= 0.3 is 17.8 Å². The van der Waals surface area contributed by atoms with Crippen LogP contribution in [0.4, 0.5) is 10.5 Å². The highest BCUT2D eigenvalue weighted by Gasteiger charge is 2.45. The molecule has 17 heteroatoms. The number of phenols is 2. The third-order valence-corrected chi connectivity index (χ3v) is 14.6. The van der Waals surface area contributed by atoms with Crippen molar-refractivity contribution in [3.8, 4) is 45.7 Å². The molecule has 1 amide bonds. The maximum atomic E-state index is 13.7. The van der Waals surface area contributed by atoms with Gasteiger partial charge < -0.3 is 39.2 Å². The van der Waals surface area contributed by atoms with Gasteiger partial charge in [0.1, 0.15) is 23.9 Å². The number of cyclic esters (lactones) is 1. The van der Waals surface area contributed by atoms with Gasteiger partial charge in [-0.2, -0.15) is 5.10 Å². The molecule has 4 N–H and O–H groups in total. The number of likely N-dealkylation sites (tertiary alicyclic amines) is 1. The van der Waals surface area contributed by atoms with E-state index in [0.717, 1.165) is 74.2 Å². The number of aromatic hydroxyl groups is 2. The first-order valence-corrected chi connectivity index (χ1v) is 23.7. The number of carbonyl (C=O) groups is 2. The van der Waals surface area contributed by atoms with Crippen LogP contribution in [-0.4, -0.2) is 107 Å². The van der Waals surface area contributed by atoms with Crippen LogP contribution in [0.25, 0.3) is 39.4 Å². The van der Waals surface area contributed by atoms with E-state index in [4.69, 9.17) is 14.5 Å². The molecule has 10 rings (SSSR count). The van der Waals surface area contributed by atoms with Crippen molar-refractivity contribution in [1.82, 2.24) is 34.1 Å². The Labute approximate surface area is 392 Å². The first-order valence-electron chi connectivity index (χ1n) is 23.7. The topological polar surface area (TPSA) is 209 Å². The lowest BCUT2D eigenvalue weighted by atomic mass is 9.86. The number of aryl methyl sites for hydroxylation is 1. The zero-order valence-corrected chi connectivity index (χ0v) is 38.7. The molecule has 2 saturated heterocycles. The molecule has 2 fully saturated rings. The maximum absolute atomic E-state index is 13.7. The van der Waals surface area contributed by atoms with Crippen molar-refractivity contribution in [2.45, 2.75) is 84.5 Å². The van der Waals surface area contributed by atoms with Crippen molar-refractivity contribution in [2.75, 3.05) is 50.7 Å². The lowest BCUT2D eigenvalue weighted by Crippen LogP contribution is -2.47. The average molecular weight is 925 g/mol. The predicted molar refractivity (Wildman–Crippen MR) is 255 cm³/mol. The molecule has 0 bridgehead atoms. The van der Waals surface area contributed by atoms with Gasteiger partial charge in [-0.25, -0.2) is 29.0 Å². The second-order valence-corrected chi connectivity index (χ2v) is 18.8. The average Bonchev–Trinajstić information content (AvgIpc) is 3.91. The molecular weight excluding hydrogens is 869 g/mol. The molecule has 4 aliphatic heterocycles. The zero-order valence-electron chi connectivity index (χ0n) is 38.7. The number of phenolic OH excluding ortho intramolecular Hbond substituents is 2. The molecule has 354 valence electrons. The van der Waals surface area contributed by atoms with Crippen molar-refractivity contribution >= 4 is 28.7 Å². The fourth-order valence-corrected chi connectivity index (χ4v) is 10.5. The number of rotatable bonds is 10. The molecule has 0 aliphatic carbocycles. The standard InChI is InChI=1S/C51H56N8O9/c1-5-34-36-23-33(11-12-41(36)52-45-38(34)27-58-42(45)25-40-39(47(58)62)28-67-48(63)51(40,66)6-2)68-50(65)57-17-14-30(15-18-57)13-16-55-19-21-56(22-20-55)31-7-9-32(10-8-31)59-46(53-54-49(59)64)37-24-35(29(3)4)43(60)26-44(37)61/h7-12,23-26,29-30,60-61,66H,5-6,13-22,27-28H2,1-4H3,(H,54,64). The highest BCUT2D eigenvalue weighted by atomic mass is 16.6. The van der Waals surface area contributed by atoms with Crippen LogP contribution in [0.15, 0.2) is 70.3 Å². The van der Waals surface area contributed by atoms with E-state index in [9.17, 15) is 34.5 Å². The van der Waals surface area contributed by atoms with Gasteiger partial charge in [0, 0.05) is 67.5 Å². The normalized spacial score (nSPS) is 18.5. The Balaban J connectivity index is 0.721.